The summed E-state index contributed by atoms with van der Waals surface area (Å²) in [5, 5.41) is 21.8. The maximum atomic E-state index is 13.1. The van der Waals surface area contributed by atoms with Gasteiger partial charge in [0.15, 0.2) is 5.78 Å². The third-order valence-corrected chi connectivity index (χ3v) is 13.1. The van der Waals surface area contributed by atoms with Crippen molar-refractivity contribution >= 4 is 79.9 Å². The molecule has 2 aromatic heterocycles. The molecule has 6 aromatic carbocycles. The molecular formula is C58H48F2N6O9. The maximum Gasteiger partial charge on any atom is 0.336 e. The second-order valence-electron chi connectivity index (χ2n) is 18.3. The van der Waals surface area contributed by atoms with E-state index in [1.54, 1.807) is 92.1 Å². The van der Waals surface area contributed by atoms with E-state index in [0.717, 1.165) is 10.9 Å². The van der Waals surface area contributed by atoms with E-state index in [-0.39, 0.29) is 17.3 Å². The van der Waals surface area contributed by atoms with Gasteiger partial charge in [-0.3, -0.25) is 33.9 Å². The van der Waals surface area contributed by atoms with Gasteiger partial charge in [0.1, 0.15) is 45.5 Å². The average molecular weight is 1010 g/mol. The lowest BCUT2D eigenvalue weighted by Gasteiger charge is -2.16. The van der Waals surface area contributed by atoms with Crippen LogP contribution in [-0.4, -0.2) is 50.5 Å². The number of halogens is 2. The second-order valence-corrected chi connectivity index (χ2v) is 18.3. The largest absolute Gasteiger partial charge is 0.478 e. The van der Waals surface area contributed by atoms with Crippen molar-refractivity contribution in [3.05, 3.63) is 180 Å². The number of Topliss-reactive ketones (excluding diaryl/α,β-unsaturated/α-hetero) is 1. The summed E-state index contributed by atoms with van der Waals surface area (Å²) in [6.45, 7) is 5.44. The van der Waals surface area contributed by atoms with Gasteiger partial charge in [0.25, 0.3) is 0 Å². The Kier molecular flexibility index (Phi) is 14.2. The van der Waals surface area contributed by atoms with Gasteiger partial charge in [0, 0.05) is 57.9 Å². The van der Waals surface area contributed by atoms with E-state index >= 15 is 0 Å². The fourth-order valence-corrected chi connectivity index (χ4v) is 8.35. The van der Waals surface area contributed by atoms with Crippen molar-refractivity contribution in [3.63, 3.8) is 0 Å². The van der Waals surface area contributed by atoms with Crippen LogP contribution in [0.3, 0.4) is 0 Å². The van der Waals surface area contributed by atoms with Gasteiger partial charge in [-0.25, -0.2) is 13.6 Å². The van der Waals surface area contributed by atoms with Crippen LogP contribution in [0.25, 0.3) is 21.8 Å². The van der Waals surface area contributed by atoms with Gasteiger partial charge < -0.3 is 35.8 Å². The van der Waals surface area contributed by atoms with Crippen LogP contribution in [0.2, 0.25) is 0 Å². The van der Waals surface area contributed by atoms with E-state index in [1.807, 2.05) is 19.9 Å². The van der Waals surface area contributed by atoms with Crippen molar-refractivity contribution in [1.82, 2.24) is 9.97 Å². The molecular weight excluding hydrogens is 963 g/mol. The Bertz CT molecular complexity index is 3550. The van der Waals surface area contributed by atoms with Crippen molar-refractivity contribution in [2.45, 2.75) is 52.9 Å². The lowest BCUT2D eigenvalue weighted by molar-refractivity contribution is -0.132. The molecule has 4 amide bonds. The molecule has 75 heavy (non-hydrogen) atoms. The van der Waals surface area contributed by atoms with E-state index < -0.39 is 46.2 Å². The molecule has 2 aliphatic carbocycles. The zero-order valence-corrected chi connectivity index (χ0v) is 40.8. The van der Waals surface area contributed by atoms with Crippen LogP contribution in [0.15, 0.2) is 146 Å². The van der Waals surface area contributed by atoms with Crippen molar-refractivity contribution in [3.8, 4) is 23.0 Å². The van der Waals surface area contributed by atoms with Crippen LogP contribution in [0.1, 0.15) is 70.9 Å². The smallest absolute Gasteiger partial charge is 0.336 e. The molecule has 0 spiro atoms. The summed E-state index contributed by atoms with van der Waals surface area (Å²) >= 11 is 0. The van der Waals surface area contributed by atoms with Crippen LogP contribution in [0.5, 0.6) is 23.0 Å². The zero-order valence-electron chi connectivity index (χ0n) is 40.8. The highest BCUT2D eigenvalue weighted by atomic mass is 19.1. The number of pyridine rings is 2. The zero-order chi connectivity index (χ0) is 53.0. The number of rotatable bonds is 15. The number of aromatic carboxylic acids is 1. The van der Waals surface area contributed by atoms with Crippen LogP contribution >= 0.6 is 0 Å². The normalized spacial score (nSPS) is 13.6. The molecule has 0 atom stereocenters. The number of hydrogen-bond acceptors (Lipinski definition) is 10. The number of aryl methyl sites for hydroxylation is 2. The Balaban J connectivity index is 0.000000184. The Labute approximate surface area is 428 Å². The quantitative estimate of drug-likeness (QED) is 0.0481. The first kappa shape index (κ1) is 50.6. The first-order valence-corrected chi connectivity index (χ1v) is 23.9. The number of carbonyl (C=O) groups excluding carboxylic acids is 5. The number of fused-ring (bicyclic) bond motifs is 2. The molecule has 2 aliphatic rings. The van der Waals surface area contributed by atoms with E-state index in [4.69, 9.17) is 9.47 Å². The molecule has 378 valence electrons. The molecule has 0 saturated heterocycles. The summed E-state index contributed by atoms with van der Waals surface area (Å²) < 4.78 is 38.3. The number of carbonyl (C=O) groups is 6. The van der Waals surface area contributed by atoms with Crippen molar-refractivity contribution in [2.75, 3.05) is 21.3 Å². The van der Waals surface area contributed by atoms with E-state index in [1.165, 1.54) is 54.6 Å². The Morgan fingerprint density at radius 1 is 0.507 bits per heavy atom. The van der Waals surface area contributed by atoms with Gasteiger partial charge in [0.2, 0.25) is 23.6 Å². The molecule has 17 heteroatoms. The number of benzene rings is 6. The number of nitrogens with zero attached hydrogens (tertiary/aromatic N) is 2. The summed E-state index contributed by atoms with van der Waals surface area (Å²) in [5.74, 6) is -1.25. The van der Waals surface area contributed by atoms with Crippen molar-refractivity contribution in [2.24, 2.45) is 10.8 Å². The molecule has 0 unspecified atom stereocenters. The summed E-state index contributed by atoms with van der Waals surface area (Å²) in [6.07, 6.45) is 5.31. The first-order valence-electron chi connectivity index (χ1n) is 23.9. The Hall–Kier alpha value is -9.38. The lowest BCUT2D eigenvalue weighted by Crippen LogP contribution is -2.35. The van der Waals surface area contributed by atoms with E-state index in [2.05, 4.69) is 31.2 Å². The number of hydrogen-bond donors (Lipinski definition) is 5. The van der Waals surface area contributed by atoms with Crippen LogP contribution < -0.4 is 30.7 Å². The molecule has 0 aliphatic heterocycles. The Morgan fingerprint density at radius 3 is 1.17 bits per heavy atom. The number of ether oxygens (including phenoxy) is 2. The highest BCUT2D eigenvalue weighted by molar-refractivity contribution is 6.18. The average Bonchev–Trinajstić information content (AvgIpc) is 4.35. The highest BCUT2D eigenvalue weighted by Crippen LogP contribution is 2.49. The van der Waals surface area contributed by atoms with Crippen LogP contribution in [0.4, 0.5) is 31.5 Å². The molecule has 0 bridgehead atoms. The van der Waals surface area contributed by atoms with E-state index in [9.17, 15) is 42.7 Å². The molecule has 15 nitrogen and oxygen atoms in total. The van der Waals surface area contributed by atoms with E-state index in [0.29, 0.717) is 105 Å². The lowest BCUT2D eigenvalue weighted by atomic mass is 10.00. The SMILES string of the molecule is CCC(=O)c1cc2nccc(Oc3ccc(NC(=O)C4(C(=O)Nc5ccc(F)cc5)CC4)cc3)c2cc1C.Cc1cc2c(Oc3ccc(NC(=O)C4(C(=O)Nc5ccc(F)cc5)CC4)cc3)ccnc2cc1C(=O)O. The summed E-state index contributed by atoms with van der Waals surface area (Å²) in [4.78, 5) is 83.6. The number of anilines is 4. The number of aromatic nitrogens is 2. The summed E-state index contributed by atoms with van der Waals surface area (Å²) in [7, 11) is 0. The summed E-state index contributed by atoms with van der Waals surface area (Å²) in [6, 6.07) is 34.7. The second kappa shape index (κ2) is 21.0. The minimum Gasteiger partial charge on any atom is -0.478 e. The molecule has 2 fully saturated rings. The molecule has 8 aromatic rings. The standard InChI is InChI=1S/C30H26FN3O4.C28H22FN3O5/c1-3-26(35)23-17-25-24(16-18(23)2)27(12-15-32-25)38-22-10-8-21(9-11-22)34-29(37)30(13-14-30)28(36)33-20-6-4-19(31)5-7-20;1-16-14-22-23(15-21(16)25(33)34)30-13-10-24(22)37-20-8-6-19(7-9-20)32-27(36)28(11-12-28)26(35)31-18-4-2-17(29)3-5-18/h4-12,15-17H,3,13-14H2,1-2H3,(H,33,36)(H,34,37);2-10,13-15H,11-12H2,1H3,(H,31,35)(H,32,36)(H,33,34). The van der Waals surface area contributed by atoms with Gasteiger partial charge in [-0.15, -0.1) is 0 Å². The fraction of sp³-hybridized carbons (Fsp3) is 0.172. The van der Waals surface area contributed by atoms with Gasteiger partial charge in [-0.05, 0) is 184 Å². The third-order valence-electron chi connectivity index (χ3n) is 13.1. The number of carboxylic acids is 1. The van der Waals surface area contributed by atoms with Crippen molar-refractivity contribution < 1.29 is 52.1 Å². The minimum absolute atomic E-state index is 0.0658. The monoisotopic (exact) mass is 1010 g/mol. The molecule has 2 heterocycles. The maximum absolute atomic E-state index is 13.1. The first-order chi connectivity index (χ1) is 36.0. The predicted molar refractivity (Wildman–Crippen MR) is 278 cm³/mol. The molecule has 10 rings (SSSR count). The highest BCUT2D eigenvalue weighted by Gasteiger charge is 2.57. The molecule has 0 radical (unpaired) electrons. The Morgan fingerprint density at radius 2 is 0.840 bits per heavy atom. The summed E-state index contributed by atoms with van der Waals surface area (Å²) in [5.41, 5.74) is 3.03. The van der Waals surface area contributed by atoms with Gasteiger partial charge >= 0.3 is 5.97 Å². The number of amides is 4. The van der Waals surface area contributed by atoms with Crippen molar-refractivity contribution in [1.29, 1.82) is 0 Å². The third kappa shape index (κ3) is 11.2. The van der Waals surface area contributed by atoms with Gasteiger partial charge in [0.05, 0.1) is 16.6 Å². The molecule has 5 N–H and O–H groups in total. The minimum atomic E-state index is -1.16. The number of carboxylic acid groups (broad SMARTS) is 1. The van der Waals surface area contributed by atoms with Gasteiger partial charge in [-0.2, -0.15) is 0 Å². The van der Waals surface area contributed by atoms with Gasteiger partial charge in [-0.1, -0.05) is 6.92 Å². The van der Waals surface area contributed by atoms with Crippen LogP contribution in [-0.2, 0) is 19.2 Å². The molecule has 2 saturated carbocycles. The predicted octanol–water partition coefficient (Wildman–Crippen LogP) is 12.0. The fourth-order valence-electron chi connectivity index (χ4n) is 8.35. The topological polar surface area (TPSA) is 215 Å². The number of ketones is 1. The number of nitrogens with one attached hydrogen (secondary N) is 4. The van der Waals surface area contributed by atoms with Crippen LogP contribution in [0, 0.1) is 36.3 Å².